The number of halogens is 2. The number of aryl methyl sites for hydroxylation is 1. The lowest BCUT2D eigenvalue weighted by atomic mass is 10.00. The summed E-state index contributed by atoms with van der Waals surface area (Å²) in [6.45, 7) is 1.44. The van der Waals surface area contributed by atoms with Gasteiger partial charge in [-0.15, -0.1) is 0 Å². The maximum atomic E-state index is 15.4. The monoisotopic (exact) mass is 819 g/mol. The molecule has 2 saturated heterocycles. The zero-order valence-electron chi connectivity index (χ0n) is 31.7. The van der Waals surface area contributed by atoms with Crippen molar-refractivity contribution in [1.82, 2.24) is 35.4 Å². The number of aromatic nitrogens is 3. The number of para-hydroxylation sites is 2. The van der Waals surface area contributed by atoms with E-state index in [4.69, 9.17) is 19.2 Å². The number of nitrogens with zero attached hydrogens (tertiary/aromatic N) is 4. The van der Waals surface area contributed by atoms with Crippen LogP contribution in [0.1, 0.15) is 80.5 Å². The van der Waals surface area contributed by atoms with E-state index in [0.29, 0.717) is 47.3 Å². The number of fused-ring (bicyclic) bond motifs is 3. The minimum Gasteiger partial charge on any atom is -0.471 e. The summed E-state index contributed by atoms with van der Waals surface area (Å²) in [5.74, 6) is -7.08. The Balaban J connectivity index is 1.14. The Morgan fingerprint density at radius 3 is 2.40 bits per heavy atom. The highest BCUT2D eigenvalue weighted by atomic mass is 32.2. The van der Waals surface area contributed by atoms with Crippen molar-refractivity contribution in [3.05, 3.63) is 72.1 Å². The molecule has 3 N–H and O–H groups in total. The van der Waals surface area contributed by atoms with Gasteiger partial charge in [0.15, 0.2) is 5.69 Å². The zero-order chi connectivity index (χ0) is 40.8. The predicted octanol–water partition coefficient (Wildman–Crippen LogP) is 4.21. The molecule has 306 valence electrons. The number of carbonyl (C=O) groups is 4. The predicted molar refractivity (Wildman–Crippen MR) is 204 cm³/mol. The third-order valence-corrected chi connectivity index (χ3v) is 13.1. The van der Waals surface area contributed by atoms with E-state index in [-0.39, 0.29) is 50.2 Å². The summed E-state index contributed by atoms with van der Waals surface area (Å²) >= 11 is 0. The van der Waals surface area contributed by atoms with Crippen molar-refractivity contribution in [2.24, 2.45) is 5.92 Å². The van der Waals surface area contributed by atoms with Crippen LogP contribution in [0, 0.1) is 12.8 Å². The summed E-state index contributed by atoms with van der Waals surface area (Å²) in [5, 5.41) is 8.33. The van der Waals surface area contributed by atoms with Gasteiger partial charge in [-0.3, -0.25) is 23.9 Å². The molecule has 0 spiro atoms. The molecular formula is C40H43F2N7O8S. The van der Waals surface area contributed by atoms with E-state index in [1.54, 1.807) is 19.1 Å². The van der Waals surface area contributed by atoms with Gasteiger partial charge in [-0.25, -0.2) is 27.2 Å². The first-order valence-electron chi connectivity index (χ1n) is 19.5. The highest BCUT2D eigenvalue weighted by Crippen LogP contribution is 2.51. The van der Waals surface area contributed by atoms with Crippen molar-refractivity contribution >= 4 is 44.7 Å². The Kier molecular flexibility index (Phi) is 10.4. The molecule has 5 atom stereocenters. The summed E-state index contributed by atoms with van der Waals surface area (Å²) in [4.78, 5) is 67.1. The SMILES string of the molecule is Cc1cc(C(=O)NC2CCCCCC(F)(F)CC3CC3(C(=O)NS(=O)(=O)C3CC3)NC(=O)C3CC(Oc4nc5ccccc5nc4-c4ccccc4)CN3C2=O)no1. The molecule has 8 rings (SSSR count). The van der Waals surface area contributed by atoms with Crippen LogP contribution in [0.2, 0.25) is 0 Å². The van der Waals surface area contributed by atoms with Gasteiger partial charge >= 0.3 is 0 Å². The zero-order valence-corrected chi connectivity index (χ0v) is 32.5. The second-order valence-corrected chi connectivity index (χ2v) is 17.7. The van der Waals surface area contributed by atoms with Crippen LogP contribution in [0.3, 0.4) is 0 Å². The van der Waals surface area contributed by atoms with Gasteiger partial charge in [-0.05, 0) is 57.1 Å². The Morgan fingerprint density at radius 2 is 1.69 bits per heavy atom. The molecule has 0 bridgehead atoms. The van der Waals surface area contributed by atoms with Crippen molar-refractivity contribution in [2.75, 3.05) is 6.54 Å². The molecule has 58 heavy (non-hydrogen) atoms. The molecule has 4 amide bonds. The summed E-state index contributed by atoms with van der Waals surface area (Å²) in [5.41, 5.74) is 0.236. The third-order valence-electron chi connectivity index (χ3n) is 11.3. The molecule has 15 nitrogen and oxygen atoms in total. The molecule has 4 aromatic rings. The Hall–Kier alpha value is -5.52. The molecule has 2 saturated carbocycles. The number of amides is 4. The van der Waals surface area contributed by atoms with Crippen LogP contribution in [0.15, 0.2) is 65.2 Å². The number of rotatable bonds is 8. The van der Waals surface area contributed by atoms with Gasteiger partial charge in [0.05, 0.1) is 22.8 Å². The molecule has 2 aliphatic heterocycles. The fourth-order valence-corrected chi connectivity index (χ4v) is 9.33. The minimum atomic E-state index is -4.10. The molecule has 2 aromatic carbocycles. The molecule has 0 radical (unpaired) electrons. The Morgan fingerprint density at radius 1 is 0.966 bits per heavy atom. The summed E-state index contributed by atoms with van der Waals surface area (Å²) in [6.07, 6.45) is -1.05. The molecule has 18 heteroatoms. The van der Waals surface area contributed by atoms with Crippen molar-refractivity contribution in [3.63, 3.8) is 0 Å². The normalized spacial score (nSPS) is 26.4. The van der Waals surface area contributed by atoms with Crippen molar-refractivity contribution < 1.29 is 45.6 Å². The summed E-state index contributed by atoms with van der Waals surface area (Å²) < 4.78 is 70.3. The highest BCUT2D eigenvalue weighted by Gasteiger charge is 2.65. The number of alkyl halides is 2. The number of nitrogens with one attached hydrogen (secondary N) is 3. The van der Waals surface area contributed by atoms with Gasteiger partial charge < -0.3 is 24.8 Å². The molecule has 4 fully saturated rings. The largest absolute Gasteiger partial charge is 0.471 e. The second-order valence-electron chi connectivity index (χ2n) is 15.8. The van der Waals surface area contributed by atoms with Gasteiger partial charge in [0, 0.05) is 30.9 Å². The van der Waals surface area contributed by atoms with Crippen LogP contribution in [-0.2, 0) is 24.4 Å². The number of benzene rings is 2. The van der Waals surface area contributed by atoms with E-state index in [1.807, 2.05) is 47.2 Å². The van der Waals surface area contributed by atoms with Gasteiger partial charge in [0.25, 0.3) is 11.8 Å². The van der Waals surface area contributed by atoms with E-state index < -0.39 is 87.3 Å². The fraction of sp³-hybridized carbons (Fsp3) is 0.475. The highest BCUT2D eigenvalue weighted by molar-refractivity contribution is 7.91. The Labute approximate surface area is 332 Å². The lowest BCUT2D eigenvalue weighted by molar-refractivity contribution is -0.141. The van der Waals surface area contributed by atoms with Crippen molar-refractivity contribution in [3.8, 4) is 17.1 Å². The fourth-order valence-electron chi connectivity index (χ4n) is 7.97. The molecule has 2 aromatic heterocycles. The van der Waals surface area contributed by atoms with Gasteiger partial charge in [-0.2, -0.15) is 0 Å². The average Bonchev–Trinajstić information content (AvgIpc) is 4.07. The first kappa shape index (κ1) is 39.3. The van der Waals surface area contributed by atoms with Crippen LogP contribution in [0.25, 0.3) is 22.3 Å². The van der Waals surface area contributed by atoms with Crippen LogP contribution in [-0.4, -0.2) is 93.5 Å². The number of hydrogen-bond acceptors (Lipinski definition) is 11. The minimum absolute atomic E-state index is 0.0612. The standard InChI is InChI=1S/C40H43F2N7O8S/c1-23-18-31(47-57-23)34(50)44-30-14-6-3-9-17-39(41,42)20-25-21-40(25,38(53)48-58(54,55)27-15-16-27)46-35(51)32-19-26(22-49(32)37(30)52)56-36-33(24-10-4-2-5-11-24)43-28-12-7-8-13-29(28)45-36/h2,4-5,7-8,10-13,18,25-27,30,32H,3,6,9,14-17,19-22H2,1H3,(H,44,50)(H,46,51)(H,48,53). The van der Waals surface area contributed by atoms with Crippen LogP contribution in [0.4, 0.5) is 8.78 Å². The molecule has 4 heterocycles. The number of ether oxygens (including phenoxy) is 1. The molecular weight excluding hydrogens is 777 g/mol. The Bertz CT molecular complexity index is 2360. The van der Waals surface area contributed by atoms with E-state index >= 15 is 8.78 Å². The smallest absolute Gasteiger partial charge is 0.274 e. The quantitative estimate of drug-likeness (QED) is 0.230. The molecule has 5 unspecified atom stereocenters. The maximum Gasteiger partial charge on any atom is 0.274 e. The van der Waals surface area contributed by atoms with E-state index in [2.05, 4.69) is 15.8 Å². The van der Waals surface area contributed by atoms with E-state index in [9.17, 15) is 27.6 Å². The van der Waals surface area contributed by atoms with E-state index in [0.717, 1.165) is 0 Å². The number of hydrogen-bond donors (Lipinski definition) is 3. The lowest BCUT2D eigenvalue weighted by Gasteiger charge is -2.30. The number of sulfonamides is 1. The first-order chi connectivity index (χ1) is 27.7. The van der Waals surface area contributed by atoms with Gasteiger partial charge in [0.2, 0.25) is 33.6 Å². The molecule has 2 aliphatic carbocycles. The van der Waals surface area contributed by atoms with Crippen LogP contribution >= 0.6 is 0 Å². The number of carbonyl (C=O) groups excluding carboxylic acids is 4. The van der Waals surface area contributed by atoms with Gasteiger partial charge in [0.1, 0.15) is 35.2 Å². The second kappa shape index (κ2) is 15.3. The molecule has 4 aliphatic rings. The van der Waals surface area contributed by atoms with Crippen molar-refractivity contribution in [2.45, 2.75) is 106 Å². The summed E-state index contributed by atoms with van der Waals surface area (Å²) in [6, 6.07) is 15.3. The van der Waals surface area contributed by atoms with Crippen molar-refractivity contribution in [1.29, 1.82) is 0 Å². The topological polar surface area (TPSA) is 203 Å². The third kappa shape index (κ3) is 8.24. The lowest BCUT2D eigenvalue weighted by Crippen LogP contribution is -2.58. The summed E-state index contributed by atoms with van der Waals surface area (Å²) in [7, 11) is -4.10. The van der Waals surface area contributed by atoms with Crippen LogP contribution in [0.5, 0.6) is 5.88 Å². The van der Waals surface area contributed by atoms with Gasteiger partial charge in [-0.1, -0.05) is 60.5 Å². The average molecular weight is 820 g/mol. The first-order valence-corrected chi connectivity index (χ1v) is 21.1. The maximum absolute atomic E-state index is 15.4. The van der Waals surface area contributed by atoms with E-state index in [1.165, 1.54) is 11.0 Å². The van der Waals surface area contributed by atoms with Crippen LogP contribution < -0.4 is 20.1 Å².